The van der Waals surface area contributed by atoms with Gasteiger partial charge in [0, 0.05) is 31.5 Å². The van der Waals surface area contributed by atoms with Gasteiger partial charge in [0.1, 0.15) is 5.78 Å². The van der Waals surface area contributed by atoms with E-state index < -0.39 is 0 Å². The highest BCUT2D eigenvalue weighted by atomic mass is 16.2. The molecular formula is C21H21NO2. The van der Waals surface area contributed by atoms with E-state index in [1.807, 2.05) is 54.6 Å². The van der Waals surface area contributed by atoms with Crippen LogP contribution < -0.4 is 4.90 Å². The van der Waals surface area contributed by atoms with Crippen LogP contribution in [0.5, 0.6) is 0 Å². The quantitative estimate of drug-likeness (QED) is 0.851. The zero-order valence-corrected chi connectivity index (χ0v) is 13.8. The summed E-state index contributed by atoms with van der Waals surface area (Å²) in [6.45, 7) is 0. The van der Waals surface area contributed by atoms with E-state index in [4.69, 9.17) is 0 Å². The van der Waals surface area contributed by atoms with Crippen LogP contribution in [0.4, 0.5) is 5.69 Å². The molecule has 0 aliphatic heterocycles. The molecule has 2 aromatic carbocycles. The molecule has 3 rings (SSSR count). The molecule has 1 unspecified atom stereocenters. The Morgan fingerprint density at radius 1 is 1.04 bits per heavy atom. The minimum Gasteiger partial charge on any atom is -0.315 e. The first kappa shape index (κ1) is 16.2. The smallest absolute Gasteiger partial charge is 0.227 e. The minimum absolute atomic E-state index is 0.0196. The van der Waals surface area contributed by atoms with Gasteiger partial charge in [-0.3, -0.25) is 9.59 Å². The van der Waals surface area contributed by atoms with Crippen molar-refractivity contribution in [3.8, 4) is 0 Å². The molecule has 24 heavy (non-hydrogen) atoms. The van der Waals surface area contributed by atoms with Crippen molar-refractivity contribution in [1.29, 1.82) is 0 Å². The number of hydrogen-bond acceptors (Lipinski definition) is 2. The maximum atomic E-state index is 12.6. The Morgan fingerprint density at radius 3 is 2.33 bits per heavy atom. The van der Waals surface area contributed by atoms with E-state index in [0.717, 1.165) is 16.8 Å². The normalized spacial score (nSPS) is 17.3. The number of para-hydroxylation sites is 1. The van der Waals surface area contributed by atoms with Gasteiger partial charge in [-0.25, -0.2) is 0 Å². The molecule has 0 spiro atoms. The number of anilines is 1. The Morgan fingerprint density at radius 2 is 1.67 bits per heavy atom. The molecule has 3 heteroatoms. The topological polar surface area (TPSA) is 37.4 Å². The summed E-state index contributed by atoms with van der Waals surface area (Å²) < 4.78 is 0. The van der Waals surface area contributed by atoms with Crippen LogP contribution in [0.15, 0.2) is 66.7 Å². The van der Waals surface area contributed by atoms with E-state index in [-0.39, 0.29) is 24.0 Å². The summed E-state index contributed by atoms with van der Waals surface area (Å²) in [6.07, 6.45) is 3.31. The van der Waals surface area contributed by atoms with Gasteiger partial charge in [-0.05, 0) is 29.7 Å². The Bertz CT molecular complexity index is 750. The predicted octanol–water partition coefficient (Wildman–Crippen LogP) is 4.10. The lowest BCUT2D eigenvalue weighted by atomic mass is 9.82. The maximum Gasteiger partial charge on any atom is 0.227 e. The largest absolute Gasteiger partial charge is 0.315 e. The molecule has 0 radical (unpaired) electrons. The number of benzene rings is 2. The standard InChI is InChI=1S/C21H21NO2/c1-22(19-10-6-3-7-11-19)21(24)15-18-14-17(12-13-20(18)23)16-8-4-2-5-9-16/h2-12,18H,13-15H2,1H3. The second kappa shape index (κ2) is 7.26. The molecule has 1 aliphatic rings. The van der Waals surface area contributed by atoms with Crippen molar-refractivity contribution in [3.63, 3.8) is 0 Å². The third-order valence-corrected chi connectivity index (χ3v) is 4.55. The van der Waals surface area contributed by atoms with Gasteiger partial charge in [0.05, 0.1) is 0 Å². The fraction of sp³-hybridized carbons (Fsp3) is 0.238. The second-order valence-corrected chi connectivity index (χ2v) is 6.16. The van der Waals surface area contributed by atoms with Crippen LogP contribution in [0.2, 0.25) is 0 Å². The average Bonchev–Trinajstić information content (AvgIpc) is 2.64. The van der Waals surface area contributed by atoms with Gasteiger partial charge in [0.2, 0.25) is 5.91 Å². The molecule has 0 saturated carbocycles. The van der Waals surface area contributed by atoms with Crippen LogP contribution in [0, 0.1) is 5.92 Å². The van der Waals surface area contributed by atoms with E-state index in [1.165, 1.54) is 0 Å². The number of carbonyl (C=O) groups excluding carboxylic acids is 2. The van der Waals surface area contributed by atoms with Gasteiger partial charge < -0.3 is 4.90 Å². The number of ketones is 1. The number of hydrogen-bond donors (Lipinski definition) is 0. The van der Waals surface area contributed by atoms with Crippen LogP contribution in [0.25, 0.3) is 5.57 Å². The van der Waals surface area contributed by atoms with E-state index in [1.54, 1.807) is 11.9 Å². The van der Waals surface area contributed by atoms with Crippen molar-refractivity contribution in [1.82, 2.24) is 0 Å². The van der Waals surface area contributed by atoms with Crippen molar-refractivity contribution in [3.05, 3.63) is 72.3 Å². The Labute approximate surface area is 142 Å². The molecule has 0 N–H and O–H groups in total. The summed E-state index contributed by atoms with van der Waals surface area (Å²) in [4.78, 5) is 26.4. The van der Waals surface area contributed by atoms with Gasteiger partial charge in [0.15, 0.2) is 0 Å². The number of amides is 1. The molecule has 2 aromatic rings. The molecule has 1 amide bonds. The van der Waals surface area contributed by atoms with Crippen LogP contribution in [-0.4, -0.2) is 18.7 Å². The monoisotopic (exact) mass is 319 g/mol. The number of allylic oxidation sites excluding steroid dienone is 2. The Kier molecular flexibility index (Phi) is 4.90. The number of Topliss-reactive ketones (excluding diaryl/α,β-unsaturated/α-hetero) is 1. The SMILES string of the molecule is CN(C(=O)CC1CC(c2ccccc2)=CCC1=O)c1ccccc1. The van der Waals surface area contributed by atoms with E-state index >= 15 is 0 Å². The number of rotatable bonds is 4. The van der Waals surface area contributed by atoms with E-state index in [9.17, 15) is 9.59 Å². The van der Waals surface area contributed by atoms with Crippen LogP contribution in [0.3, 0.4) is 0 Å². The van der Waals surface area contributed by atoms with Crippen LogP contribution >= 0.6 is 0 Å². The van der Waals surface area contributed by atoms with Crippen molar-refractivity contribution in [2.24, 2.45) is 5.92 Å². The van der Waals surface area contributed by atoms with E-state index in [0.29, 0.717) is 12.8 Å². The number of nitrogens with zero attached hydrogens (tertiary/aromatic N) is 1. The summed E-state index contributed by atoms with van der Waals surface area (Å²) >= 11 is 0. The summed E-state index contributed by atoms with van der Waals surface area (Å²) in [7, 11) is 1.76. The summed E-state index contributed by atoms with van der Waals surface area (Å²) in [5.74, 6) is -0.0952. The van der Waals surface area contributed by atoms with E-state index in [2.05, 4.69) is 12.1 Å². The predicted molar refractivity (Wildman–Crippen MR) is 96.6 cm³/mol. The minimum atomic E-state index is -0.233. The molecule has 0 aromatic heterocycles. The zero-order chi connectivity index (χ0) is 16.9. The summed E-state index contributed by atoms with van der Waals surface area (Å²) in [5, 5.41) is 0. The molecule has 3 nitrogen and oxygen atoms in total. The highest BCUT2D eigenvalue weighted by molar-refractivity contribution is 5.98. The Balaban J connectivity index is 1.69. The lowest BCUT2D eigenvalue weighted by molar-refractivity contribution is -0.127. The highest BCUT2D eigenvalue weighted by Gasteiger charge is 2.27. The van der Waals surface area contributed by atoms with Gasteiger partial charge in [-0.15, -0.1) is 0 Å². The second-order valence-electron chi connectivity index (χ2n) is 6.16. The molecular weight excluding hydrogens is 298 g/mol. The fourth-order valence-electron chi connectivity index (χ4n) is 3.07. The molecule has 1 aliphatic carbocycles. The Hall–Kier alpha value is -2.68. The first-order chi connectivity index (χ1) is 11.6. The van der Waals surface area contributed by atoms with Crippen molar-refractivity contribution in [2.45, 2.75) is 19.3 Å². The van der Waals surface area contributed by atoms with Gasteiger partial charge in [-0.1, -0.05) is 54.6 Å². The summed E-state index contributed by atoms with van der Waals surface area (Å²) in [5.41, 5.74) is 3.15. The van der Waals surface area contributed by atoms with Crippen molar-refractivity contribution < 1.29 is 9.59 Å². The molecule has 0 bridgehead atoms. The first-order valence-corrected chi connectivity index (χ1v) is 8.24. The zero-order valence-electron chi connectivity index (χ0n) is 13.8. The van der Waals surface area contributed by atoms with Crippen LogP contribution in [0.1, 0.15) is 24.8 Å². The van der Waals surface area contributed by atoms with Gasteiger partial charge >= 0.3 is 0 Å². The molecule has 0 heterocycles. The molecule has 0 fully saturated rings. The van der Waals surface area contributed by atoms with Crippen molar-refractivity contribution >= 4 is 23.0 Å². The van der Waals surface area contributed by atoms with Gasteiger partial charge in [0.25, 0.3) is 0 Å². The summed E-state index contributed by atoms with van der Waals surface area (Å²) in [6, 6.07) is 19.6. The fourth-order valence-corrected chi connectivity index (χ4v) is 3.07. The highest BCUT2D eigenvalue weighted by Crippen LogP contribution is 2.31. The van der Waals surface area contributed by atoms with Gasteiger partial charge in [-0.2, -0.15) is 0 Å². The maximum absolute atomic E-state index is 12.6. The molecule has 1 atom stereocenters. The third kappa shape index (κ3) is 3.62. The lowest BCUT2D eigenvalue weighted by Gasteiger charge is -2.24. The molecule has 122 valence electrons. The van der Waals surface area contributed by atoms with Crippen LogP contribution in [-0.2, 0) is 9.59 Å². The number of carbonyl (C=O) groups is 2. The molecule has 0 saturated heterocycles. The average molecular weight is 319 g/mol. The van der Waals surface area contributed by atoms with Crippen molar-refractivity contribution in [2.75, 3.05) is 11.9 Å². The third-order valence-electron chi connectivity index (χ3n) is 4.55. The first-order valence-electron chi connectivity index (χ1n) is 8.24. The lowest BCUT2D eigenvalue weighted by Crippen LogP contribution is -2.31.